The molecule has 4 rings (SSSR count). The van der Waals surface area contributed by atoms with E-state index in [1.165, 1.54) is 0 Å². The fourth-order valence-electron chi connectivity index (χ4n) is 2.46. The lowest BCUT2D eigenvalue weighted by atomic mass is 10.1. The van der Waals surface area contributed by atoms with Crippen LogP contribution in [-0.2, 0) is 0 Å². The van der Waals surface area contributed by atoms with Crippen LogP contribution in [0.15, 0.2) is 65.3 Å². The van der Waals surface area contributed by atoms with Crippen molar-refractivity contribution in [3.63, 3.8) is 0 Å². The minimum atomic E-state index is 0.237. The Kier molecular flexibility index (Phi) is 2.27. The molecule has 0 amide bonds. The third kappa shape index (κ3) is 1.64. The lowest BCUT2D eigenvalue weighted by Crippen LogP contribution is -1.82. The Morgan fingerprint density at radius 3 is 2.70 bits per heavy atom. The molecule has 2 aromatic heterocycles. The average molecular weight is 261 g/mol. The number of pyridine rings is 1. The van der Waals surface area contributed by atoms with Crippen molar-refractivity contribution in [1.82, 2.24) is 4.98 Å². The van der Waals surface area contributed by atoms with Crippen molar-refractivity contribution in [2.45, 2.75) is 0 Å². The molecule has 0 saturated carbocycles. The van der Waals surface area contributed by atoms with Crippen LogP contribution in [0.3, 0.4) is 0 Å². The summed E-state index contributed by atoms with van der Waals surface area (Å²) >= 11 is 0. The Bertz CT molecular complexity index is 891. The summed E-state index contributed by atoms with van der Waals surface area (Å²) in [6.45, 7) is 0. The maximum atomic E-state index is 9.69. The SMILES string of the molecule is Oc1ccc2cncc(-c3cc4ccccc4o3)c2c1. The van der Waals surface area contributed by atoms with Crippen molar-refractivity contribution in [3.05, 3.63) is 60.9 Å². The van der Waals surface area contributed by atoms with Gasteiger partial charge in [0.2, 0.25) is 0 Å². The van der Waals surface area contributed by atoms with E-state index in [1.54, 1.807) is 24.5 Å². The Morgan fingerprint density at radius 1 is 0.900 bits per heavy atom. The van der Waals surface area contributed by atoms with Crippen LogP contribution in [0.4, 0.5) is 0 Å². The number of aromatic hydroxyl groups is 1. The summed E-state index contributed by atoms with van der Waals surface area (Å²) in [5, 5.41) is 12.6. The number of phenolic OH excluding ortho intramolecular Hbond substituents is 1. The number of rotatable bonds is 1. The summed E-state index contributed by atoms with van der Waals surface area (Å²) in [4.78, 5) is 4.25. The van der Waals surface area contributed by atoms with Crippen molar-refractivity contribution in [2.75, 3.05) is 0 Å². The number of benzene rings is 2. The molecule has 0 saturated heterocycles. The Morgan fingerprint density at radius 2 is 1.80 bits per heavy atom. The van der Waals surface area contributed by atoms with Crippen LogP contribution in [0.1, 0.15) is 0 Å². The van der Waals surface area contributed by atoms with Crippen LogP contribution in [-0.4, -0.2) is 10.1 Å². The Labute approximate surface area is 115 Å². The summed E-state index contributed by atoms with van der Waals surface area (Å²) in [6.07, 6.45) is 3.54. The molecule has 4 aromatic rings. The lowest BCUT2D eigenvalue weighted by Gasteiger charge is -2.03. The molecule has 3 nitrogen and oxygen atoms in total. The van der Waals surface area contributed by atoms with Gasteiger partial charge in [-0.2, -0.15) is 0 Å². The molecule has 2 heterocycles. The molecule has 2 aromatic carbocycles. The Balaban J connectivity index is 2.03. The molecule has 3 heteroatoms. The maximum Gasteiger partial charge on any atom is 0.137 e. The first-order chi connectivity index (χ1) is 9.81. The zero-order valence-corrected chi connectivity index (χ0v) is 10.6. The number of aromatic nitrogens is 1. The highest BCUT2D eigenvalue weighted by atomic mass is 16.3. The second-order valence-corrected chi connectivity index (χ2v) is 4.74. The summed E-state index contributed by atoms with van der Waals surface area (Å²) in [6, 6.07) is 15.1. The number of phenols is 1. The minimum Gasteiger partial charge on any atom is -0.508 e. The lowest BCUT2D eigenvalue weighted by molar-refractivity contribution is 0.476. The third-order valence-electron chi connectivity index (χ3n) is 3.44. The van der Waals surface area contributed by atoms with Crippen molar-refractivity contribution >= 4 is 21.7 Å². The van der Waals surface area contributed by atoms with E-state index in [0.29, 0.717) is 0 Å². The highest BCUT2D eigenvalue weighted by Gasteiger charge is 2.10. The molecule has 0 unspecified atom stereocenters. The number of fused-ring (bicyclic) bond motifs is 2. The fraction of sp³-hybridized carbons (Fsp3) is 0. The highest BCUT2D eigenvalue weighted by Crippen LogP contribution is 2.33. The molecule has 0 aliphatic heterocycles. The monoisotopic (exact) mass is 261 g/mol. The minimum absolute atomic E-state index is 0.237. The van der Waals surface area contributed by atoms with Gasteiger partial charge in [0.15, 0.2) is 0 Å². The first-order valence-corrected chi connectivity index (χ1v) is 6.37. The van der Waals surface area contributed by atoms with Gasteiger partial charge in [-0.25, -0.2) is 0 Å². The third-order valence-corrected chi connectivity index (χ3v) is 3.44. The van der Waals surface area contributed by atoms with Gasteiger partial charge < -0.3 is 9.52 Å². The van der Waals surface area contributed by atoms with Crippen molar-refractivity contribution in [3.8, 4) is 17.1 Å². The predicted molar refractivity (Wildman–Crippen MR) is 78.6 cm³/mol. The quantitative estimate of drug-likeness (QED) is 0.554. The van der Waals surface area contributed by atoms with E-state index < -0.39 is 0 Å². The standard InChI is InChI=1S/C17H11NO2/c19-13-6-5-12-9-18-10-15(14(12)8-13)17-7-11-3-1-2-4-16(11)20-17/h1-10,19H. The number of hydrogen-bond donors (Lipinski definition) is 1. The normalized spacial score (nSPS) is 11.2. The Hall–Kier alpha value is -2.81. The van der Waals surface area contributed by atoms with Gasteiger partial charge in [0.25, 0.3) is 0 Å². The van der Waals surface area contributed by atoms with Crippen molar-refractivity contribution in [2.24, 2.45) is 0 Å². The largest absolute Gasteiger partial charge is 0.508 e. The van der Waals surface area contributed by atoms with E-state index in [1.807, 2.05) is 36.4 Å². The topological polar surface area (TPSA) is 46.3 Å². The number of nitrogens with zero attached hydrogens (tertiary/aromatic N) is 1. The van der Waals surface area contributed by atoms with Gasteiger partial charge in [0, 0.05) is 28.7 Å². The van der Waals surface area contributed by atoms with E-state index in [9.17, 15) is 5.11 Å². The zero-order chi connectivity index (χ0) is 13.5. The van der Waals surface area contributed by atoms with Crippen LogP contribution in [0.25, 0.3) is 33.1 Å². The van der Waals surface area contributed by atoms with Crippen LogP contribution < -0.4 is 0 Å². The molecule has 96 valence electrons. The van der Waals surface area contributed by atoms with Crippen LogP contribution in [0.2, 0.25) is 0 Å². The molecule has 20 heavy (non-hydrogen) atoms. The molecule has 0 radical (unpaired) electrons. The van der Waals surface area contributed by atoms with E-state index >= 15 is 0 Å². The smallest absolute Gasteiger partial charge is 0.137 e. The van der Waals surface area contributed by atoms with Gasteiger partial charge in [-0.1, -0.05) is 18.2 Å². The first-order valence-electron chi connectivity index (χ1n) is 6.37. The van der Waals surface area contributed by atoms with E-state index in [4.69, 9.17) is 4.42 Å². The number of furan rings is 1. The summed E-state index contributed by atoms with van der Waals surface area (Å²) in [5.41, 5.74) is 1.73. The number of para-hydroxylation sites is 1. The average Bonchev–Trinajstić information content (AvgIpc) is 2.90. The predicted octanol–water partition coefficient (Wildman–Crippen LogP) is 4.35. The molecule has 0 bridgehead atoms. The van der Waals surface area contributed by atoms with Crippen LogP contribution >= 0.6 is 0 Å². The van der Waals surface area contributed by atoms with E-state index in [0.717, 1.165) is 33.1 Å². The van der Waals surface area contributed by atoms with Gasteiger partial charge in [0.1, 0.15) is 17.1 Å². The molecule has 0 atom stereocenters. The van der Waals surface area contributed by atoms with Gasteiger partial charge in [-0.15, -0.1) is 0 Å². The molecule has 0 aliphatic carbocycles. The zero-order valence-electron chi connectivity index (χ0n) is 10.6. The van der Waals surface area contributed by atoms with E-state index in [-0.39, 0.29) is 5.75 Å². The van der Waals surface area contributed by atoms with Gasteiger partial charge in [-0.3, -0.25) is 4.98 Å². The second-order valence-electron chi connectivity index (χ2n) is 4.74. The fourth-order valence-corrected chi connectivity index (χ4v) is 2.46. The second kappa shape index (κ2) is 4.10. The molecular weight excluding hydrogens is 250 g/mol. The van der Waals surface area contributed by atoms with Gasteiger partial charge in [-0.05, 0) is 35.7 Å². The molecule has 0 aliphatic rings. The number of hydrogen-bond acceptors (Lipinski definition) is 3. The van der Waals surface area contributed by atoms with Gasteiger partial charge in [0.05, 0.1) is 0 Å². The van der Waals surface area contributed by atoms with E-state index in [2.05, 4.69) is 4.98 Å². The first kappa shape index (κ1) is 11.1. The van der Waals surface area contributed by atoms with Crippen LogP contribution in [0, 0.1) is 0 Å². The molecule has 0 fully saturated rings. The van der Waals surface area contributed by atoms with Crippen molar-refractivity contribution in [1.29, 1.82) is 0 Å². The summed E-state index contributed by atoms with van der Waals surface area (Å²) in [5.74, 6) is 0.996. The van der Waals surface area contributed by atoms with Crippen LogP contribution in [0.5, 0.6) is 5.75 Å². The van der Waals surface area contributed by atoms with Gasteiger partial charge >= 0.3 is 0 Å². The summed E-state index contributed by atoms with van der Waals surface area (Å²) in [7, 11) is 0. The molecular formula is C17H11NO2. The van der Waals surface area contributed by atoms with Crippen molar-refractivity contribution < 1.29 is 9.52 Å². The highest BCUT2D eigenvalue weighted by molar-refractivity contribution is 5.97. The maximum absolute atomic E-state index is 9.69. The summed E-state index contributed by atoms with van der Waals surface area (Å²) < 4.78 is 5.88. The molecule has 1 N–H and O–H groups in total. The molecule has 0 spiro atoms.